The van der Waals surface area contributed by atoms with E-state index in [1.54, 1.807) is 64.5 Å². The van der Waals surface area contributed by atoms with Crippen molar-refractivity contribution in [1.29, 1.82) is 0 Å². The second kappa shape index (κ2) is 13.2. The number of pyridine rings is 1. The van der Waals surface area contributed by atoms with Crippen LogP contribution in [-0.4, -0.2) is 83.1 Å². The summed E-state index contributed by atoms with van der Waals surface area (Å²) in [6.07, 6.45) is 0.635. The highest BCUT2D eigenvalue weighted by molar-refractivity contribution is 5.88. The molecule has 0 radical (unpaired) electrons. The Bertz CT molecular complexity index is 1940. The Morgan fingerprint density at radius 1 is 1.02 bits per heavy atom. The largest absolute Gasteiger partial charge is 0.444 e. The standard InChI is InChI=1S/C35H45F3N8O5/c1-20-16-44-17-23(41-28(44)12-25(20)35(36,37)38)18-45(32(49)51-34(5,6)7)29-13-27(42-30-24(21-8-9-21)15-40-46(29)30)39-14-22-10-11-43(19-26(22)47)31(48)50-33(2,3)4/h12-13,15-17,21-22,26,47H,8-11,14,18-19H2,1-7H3,(H,39,42)/t22-,26+/m1/s1. The van der Waals surface area contributed by atoms with Gasteiger partial charge in [0.05, 0.1) is 36.6 Å². The number of aromatic nitrogens is 5. The minimum atomic E-state index is -4.54. The molecular formula is C35H45F3N8O5. The second-order valence-electron chi connectivity index (χ2n) is 15.5. The van der Waals surface area contributed by atoms with Gasteiger partial charge in [0.15, 0.2) is 5.65 Å². The Kier molecular flexibility index (Phi) is 9.36. The summed E-state index contributed by atoms with van der Waals surface area (Å²) < 4.78 is 55.4. The van der Waals surface area contributed by atoms with Crippen LogP contribution in [0.2, 0.25) is 0 Å². The Labute approximate surface area is 293 Å². The second-order valence-corrected chi connectivity index (χ2v) is 15.5. The zero-order chi connectivity index (χ0) is 37.0. The van der Waals surface area contributed by atoms with Crippen molar-refractivity contribution in [3.8, 4) is 0 Å². The molecule has 51 heavy (non-hydrogen) atoms. The van der Waals surface area contributed by atoms with E-state index in [-0.39, 0.29) is 36.1 Å². The molecule has 2 atom stereocenters. The number of β-amino-alcohol motifs (C(OH)–C–C–N with tert-alkyl or cyclic N) is 1. The number of fused-ring (bicyclic) bond motifs is 2. The van der Waals surface area contributed by atoms with E-state index in [4.69, 9.17) is 14.5 Å². The lowest BCUT2D eigenvalue weighted by Crippen LogP contribution is -2.49. The van der Waals surface area contributed by atoms with Crippen LogP contribution in [0.4, 0.5) is 34.4 Å². The van der Waals surface area contributed by atoms with Crippen LogP contribution < -0.4 is 10.2 Å². The normalized spacial score (nSPS) is 18.7. The lowest BCUT2D eigenvalue weighted by Gasteiger charge is -2.36. The molecule has 2 aliphatic rings. The average molecular weight is 715 g/mol. The number of alkyl halides is 3. The maximum Gasteiger partial charge on any atom is 0.416 e. The number of amides is 2. The minimum absolute atomic E-state index is 0.0410. The Balaban J connectivity index is 1.32. The monoisotopic (exact) mass is 714 g/mol. The number of aliphatic hydroxyl groups is 1. The van der Waals surface area contributed by atoms with Crippen molar-refractivity contribution in [3.63, 3.8) is 0 Å². The molecule has 5 heterocycles. The van der Waals surface area contributed by atoms with Gasteiger partial charge in [0, 0.05) is 43.0 Å². The molecule has 0 unspecified atom stereocenters. The van der Waals surface area contributed by atoms with Crippen LogP contribution in [0, 0.1) is 12.8 Å². The summed E-state index contributed by atoms with van der Waals surface area (Å²) in [6.45, 7) is 12.7. The zero-order valence-electron chi connectivity index (χ0n) is 29.9. The van der Waals surface area contributed by atoms with Gasteiger partial charge in [-0.15, -0.1) is 0 Å². The van der Waals surface area contributed by atoms with E-state index in [1.165, 1.54) is 27.3 Å². The van der Waals surface area contributed by atoms with Gasteiger partial charge >= 0.3 is 18.4 Å². The fourth-order valence-corrected chi connectivity index (χ4v) is 6.17. The van der Waals surface area contributed by atoms with Crippen LogP contribution in [0.15, 0.2) is 30.7 Å². The van der Waals surface area contributed by atoms with Gasteiger partial charge in [0.2, 0.25) is 0 Å². The van der Waals surface area contributed by atoms with E-state index in [9.17, 15) is 27.9 Å². The molecule has 2 fully saturated rings. The summed E-state index contributed by atoms with van der Waals surface area (Å²) in [5.41, 5.74) is -0.373. The van der Waals surface area contributed by atoms with Gasteiger partial charge in [-0.2, -0.15) is 22.8 Å². The molecule has 0 aromatic carbocycles. The Morgan fingerprint density at radius 3 is 2.35 bits per heavy atom. The molecular weight excluding hydrogens is 669 g/mol. The van der Waals surface area contributed by atoms with Crippen molar-refractivity contribution in [3.05, 3.63) is 53.1 Å². The van der Waals surface area contributed by atoms with E-state index in [0.717, 1.165) is 24.5 Å². The smallest absolute Gasteiger partial charge is 0.416 e. The number of likely N-dealkylation sites (tertiary alicyclic amines) is 1. The highest BCUT2D eigenvalue weighted by Gasteiger charge is 2.35. The Hall–Kier alpha value is -4.60. The van der Waals surface area contributed by atoms with Gasteiger partial charge in [-0.25, -0.2) is 19.6 Å². The SMILES string of the molecule is Cc1cn2cc(CN(C(=O)OC(C)(C)C)c3cc(NC[C@H]4CCN(C(=O)OC(C)(C)C)C[C@@H]4O)nc4c(C5CC5)cnn34)nc2cc1C(F)(F)F. The van der Waals surface area contributed by atoms with Crippen molar-refractivity contribution >= 4 is 35.1 Å². The zero-order valence-corrected chi connectivity index (χ0v) is 29.9. The van der Waals surface area contributed by atoms with Gasteiger partial charge in [0.1, 0.15) is 28.5 Å². The third-order valence-corrected chi connectivity index (χ3v) is 8.77. The lowest BCUT2D eigenvalue weighted by atomic mass is 9.94. The number of carbonyl (C=O) groups excluding carboxylic acids is 2. The molecule has 16 heteroatoms. The number of ether oxygens (including phenoxy) is 2. The van der Waals surface area contributed by atoms with E-state index in [1.807, 2.05) is 0 Å². The summed E-state index contributed by atoms with van der Waals surface area (Å²) in [7, 11) is 0. The number of carbonyl (C=O) groups is 2. The van der Waals surface area contributed by atoms with Crippen LogP contribution in [0.3, 0.4) is 0 Å². The van der Waals surface area contributed by atoms with Gasteiger partial charge < -0.3 is 29.2 Å². The molecule has 0 spiro atoms. The van der Waals surface area contributed by atoms with E-state index >= 15 is 0 Å². The number of aliphatic hydroxyl groups excluding tert-OH is 1. The number of aryl methyl sites for hydroxylation is 1. The van der Waals surface area contributed by atoms with E-state index < -0.39 is 41.2 Å². The third-order valence-electron chi connectivity index (χ3n) is 8.77. The molecule has 4 aromatic rings. The quantitative estimate of drug-likeness (QED) is 0.218. The summed E-state index contributed by atoms with van der Waals surface area (Å²) in [5.74, 6) is 0.809. The minimum Gasteiger partial charge on any atom is -0.444 e. The predicted octanol–water partition coefficient (Wildman–Crippen LogP) is 6.55. The topological polar surface area (TPSA) is 139 Å². The number of hydrogen-bond acceptors (Lipinski definition) is 9. The first-order valence-electron chi connectivity index (χ1n) is 17.1. The number of piperidine rings is 1. The van der Waals surface area contributed by atoms with Crippen LogP contribution in [0.5, 0.6) is 0 Å². The molecule has 4 aromatic heterocycles. The predicted molar refractivity (Wildman–Crippen MR) is 183 cm³/mol. The van der Waals surface area contributed by atoms with Crippen molar-refractivity contribution in [2.24, 2.45) is 5.92 Å². The van der Waals surface area contributed by atoms with Crippen LogP contribution in [0.25, 0.3) is 11.3 Å². The molecule has 0 bridgehead atoms. The van der Waals surface area contributed by atoms with E-state index in [0.29, 0.717) is 42.5 Å². The van der Waals surface area contributed by atoms with Crippen molar-refractivity contribution in [2.75, 3.05) is 29.9 Å². The van der Waals surface area contributed by atoms with Gasteiger partial charge in [-0.3, -0.25) is 4.90 Å². The van der Waals surface area contributed by atoms with Gasteiger partial charge in [-0.05, 0) is 85.3 Å². The number of imidazole rings is 1. The summed E-state index contributed by atoms with van der Waals surface area (Å²) in [4.78, 5) is 38.7. The van der Waals surface area contributed by atoms with Gasteiger partial charge in [-0.1, -0.05) is 0 Å². The van der Waals surface area contributed by atoms with Crippen molar-refractivity contribution in [2.45, 2.75) is 104 Å². The summed E-state index contributed by atoms with van der Waals surface area (Å²) in [5, 5.41) is 18.9. The molecule has 6 rings (SSSR count). The lowest BCUT2D eigenvalue weighted by molar-refractivity contribution is -0.138. The number of hydrogen-bond donors (Lipinski definition) is 2. The maximum atomic E-state index is 13.9. The number of anilines is 2. The number of halogens is 3. The van der Waals surface area contributed by atoms with Gasteiger partial charge in [0.25, 0.3) is 0 Å². The fraction of sp³-hybridized carbons (Fsp3) is 0.571. The van der Waals surface area contributed by atoms with Crippen molar-refractivity contribution in [1.82, 2.24) is 28.9 Å². The molecule has 276 valence electrons. The van der Waals surface area contributed by atoms with Crippen LogP contribution in [0.1, 0.15) is 89.1 Å². The van der Waals surface area contributed by atoms with Crippen molar-refractivity contribution < 1.29 is 37.3 Å². The summed E-state index contributed by atoms with van der Waals surface area (Å²) in [6, 6.07) is 2.65. The number of rotatable bonds is 7. The maximum absolute atomic E-state index is 13.9. The molecule has 2 amide bonds. The first-order valence-corrected chi connectivity index (χ1v) is 17.1. The van der Waals surface area contributed by atoms with E-state index in [2.05, 4.69) is 15.4 Å². The number of nitrogens with one attached hydrogen (secondary N) is 1. The fourth-order valence-electron chi connectivity index (χ4n) is 6.17. The first kappa shape index (κ1) is 36.2. The molecule has 1 saturated carbocycles. The van der Waals surface area contributed by atoms with Crippen LogP contribution in [-0.2, 0) is 22.2 Å². The molecule has 13 nitrogen and oxygen atoms in total. The summed E-state index contributed by atoms with van der Waals surface area (Å²) >= 11 is 0. The number of nitrogens with zero attached hydrogens (tertiary/aromatic N) is 7. The Morgan fingerprint density at radius 2 is 1.73 bits per heavy atom. The molecule has 1 aliphatic heterocycles. The van der Waals surface area contributed by atoms with Crippen LogP contribution >= 0.6 is 0 Å². The highest BCUT2D eigenvalue weighted by Crippen LogP contribution is 2.42. The highest BCUT2D eigenvalue weighted by atomic mass is 19.4. The average Bonchev–Trinajstić information content (AvgIpc) is 3.63. The molecule has 2 N–H and O–H groups in total. The molecule has 1 saturated heterocycles. The molecule has 1 aliphatic carbocycles. The first-order chi connectivity index (χ1) is 23.8. The third kappa shape index (κ3) is 8.32.